The lowest BCUT2D eigenvalue weighted by Gasteiger charge is -2.16. The van der Waals surface area contributed by atoms with E-state index in [9.17, 15) is 4.39 Å². The summed E-state index contributed by atoms with van der Waals surface area (Å²) in [5.41, 5.74) is 0.882. The van der Waals surface area contributed by atoms with Gasteiger partial charge in [-0.05, 0) is 29.7 Å². The van der Waals surface area contributed by atoms with Crippen LogP contribution in [-0.2, 0) is 13.1 Å². The zero-order chi connectivity index (χ0) is 15.8. The topological polar surface area (TPSA) is 54.2 Å². The van der Waals surface area contributed by atoms with Gasteiger partial charge in [0, 0.05) is 39.1 Å². The van der Waals surface area contributed by atoms with Gasteiger partial charge in [0.1, 0.15) is 5.82 Å². The van der Waals surface area contributed by atoms with E-state index < -0.39 is 0 Å². The highest BCUT2D eigenvalue weighted by Gasteiger charge is 2.05. The molecule has 1 heterocycles. The van der Waals surface area contributed by atoms with E-state index in [1.54, 1.807) is 19.3 Å². The molecule has 0 radical (unpaired) electrons. The summed E-state index contributed by atoms with van der Waals surface area (Å²) in [6.07, 6.45) is 3.73. The zero-order valence-corrected chi connectivity index (χ0v) is 13.0. The number of nitrogens with one attached hydrogen (secondary N) is 2. The molecule has 0 saturated heterocycles. The van der Waals surface area contributed by atoms with Gasteiger partial charge in [0.05, 0.1) is 0 Å². The molecule has 1 aromatic carbocycles. The molecule has 0 aliphatic carbocycles. The Bertz CT molecular complexity index is 594. The van der Waals surface area contributed by atoms with Gasteiger partial charge in [-0.1, -0.05) is 19.1 Å². The van der Waals surface area contributed by atoms with Crippen LogP contribution in [0.15, 0.2) is 47.7 Å². The van der Waals surface area contributed by atoms with Crippen LogP contribution in [0, 0.1) is 11.7 Å². The molecule has 2 aromatic rings. The molecule has 2 N–H and O–H groups in total. The molecule has 118 valence electrons. The molecule has 0 saturated carbocycles. The minimum absolute atomic E-state index is 0.227. The first-order valence-corrected chi connectivity index (χ1v) is 7.33. The summed E-state index contributed by atoms with van der Waals surface area (Å²) in [6, 6.07) is 8.45. The van der Waals surface area contributed by atoms with Gasteiger partial charge in [0.25, 0.3) is 0 Å². The van der Waals surface area contributed by atoms with E-state index in [1.807, 2.05) is 23.0 Å². The fourth-order valence-electron chi connectivity index (χ4n) is 2.12. The summed E-state index contributed by atoms with van der Waals surface area (Å²) in [5.74, 6) is 0.888. The second-order valence-electron chi connectivity index (χ2n) is 5.27. The minimum Gasteiger partial charge on any atom is -0.356 e. The Morgan fingerprint density at radius 3 is 2.91 bits per heavy atom. The second kappa shape index (κ2) is 8.17. The normalized spacial score (nSPS) is 13.0. The molecule has 0 spiro atoms. The highest BCUT2D eigenvalue weighted by Crippen LogP contribution is 2.03. The first-order valence-electron chi connectivity index (χ1n) is 7.33. The van der Waals surface area contributed by atoms with Gasteiger partial charge in [0.15, 0.2) is 5.96 Å². The summed E-state index contributed by atoms with van der Waals surface area (Å²) in [4.78, 5) is 4.17. The fourth-order valence-corrected chi connectivity index (χ4v) is 2.12. The van der Waals surface area contributed by atoms with Gasteiger partial charge in [0.2, 0.25) is 0 Å². The van der Waals surface area contributed by atoms with Gasteiger partial charge in [-0.15, -0.1) is 0 Å². The standard InChI is InChI=1S/C16H22FN5/c1-13(12-22-8-4-7-21-22)10-19-16(18-2)20-11-14-5-3-6-15(17)9-14/h3-9,13H,10-12H2,1-2H3,(H2,18,19,20). The summed E-state index contributed by atoms with van der Waals surface area (Å²) in [5, 5.41) is 10.6. The van der Waals surface area contributed by atoms with Gasteiger partial charge in [-0.3, -0.25) is 9.67 Å². The zero-order valence-electron chi connectivity index (χ0n) is 13.0. The molecule has 2 rings (SSSR count). The number of aromatic nitrogens is 2. The number of nitrogens with zero attached hydrogens (tertiary/aromatic N) is 3. The molecule has 22 heavy (non-hydrogen) atoms. The van der Waals surface area contributed by atoms with Crippen molar-refractivity contribution < 1.29 is 4.39 Å². The lowest BCUT2D eigenvalue weighted by atomic mass is 10.2. The maximum absolute atomic E-state index is 13.1. The maximum Gasteiger partial charge on any atom is 0.191 e. The van der Waals surface area contributed by atoms with Crippen LogP contribution in [0.4, 0.5) is 4.39 Å². The molecule has 1 unspecified atom stereocenters. The lowest BCUT2D eigenvalue weighted by Crippen LogP contribution is -2.39. The van der Waals surface area contributed by atoms with E-state index in [0.717, 1.165) is 18.7 Å². The number of halogens is 1. The Morgan fingerprint density at radius 2 is 2.23 bits per heavy atom. The third-order valence-corrected chi connectivity index (χ3v) is 3.25. The van der Waals surface area contributed by atoms with Gasteiger partial charge in [-0.25, -0.2) is 4.39 Å². The van der Waals surface area contributed by atoms with Crippen molar-refractivity contribution in [3.63, 3.8) is 0 Å². The van der Waals surface area contributed by atoms with Crippen molar-refractivity contribution in [3.8, 4) is 0 Å². The smallest absolute Gasteiger partial charge is 0.191 e. The highest BCUT2D eigenvalue weighted by molar-refractivity contribution is 5.79. The Balaban J connectivity index is 1.75. The summed E-state index contributed by atoms with van der Waals surface area (Å²) in [7, 11) is 1.72. The summed E-state index contributed by atoms with van der Waals surface area (Å²) < 4.78 is 15.0. The van der Waals surface area contributed by atoms with E-state index in [2.05, 4.69) is 27.6 Å². The Labute approximate surface area is 130 Å². The molecular weight excluding hydrogens is 281 g/mol. The molecular formula is C16H22FN5. The van der Waals surface area contributed by atoms with E-state index >= 15 is 0 Å². The average molecular weight is 303 g/mol. The summed E-state index contributed by atoms with van der Waals surface area (Å²) in [6.45, 7) is 4.31. The van der Waals surface area contributed by atoms with Crippen LogP contribution in [0.5, 0.6) is 0 Å². The third kappa shape index (κ3) is 5.20. The maximum atomic E-state index is 13.1. The van der Waals surface area contributed by atoms with Crippen molar-refractivity contribution in [1.29, 1.82) is 0 Å². The van der Waals surface area contributed by atoms with Gasteiger partial charge >= 0.3 is 0 Å². The van der Waals surface area contributed by atoms with Crippen LogP contribution in [0.2, 0.25) is 0 Å². The van der Waals surface area contributed by atoms with Crippen molar-refractivity contribution in [2.75, 3.05) is 13.6 Å². The number of guanidine groups is 1. The van der Waals surface area contributed by atoms with E-state index in [0.29, 0.717) is 18.4 Å². The number of rotatable bonds is 6. The largest absolute Gasteiger partial charge is 0.356 e. The predicted octanol–water partition coefficient (Wildman–Crippen LogP) is 2.02. The molecule has 1 atom stereocenters. The van der Waals surface area contributed by atoms with Crippen molar-refractivity contribution in [3.05, 3.63) is 54.1 Å². The predicted molar refractivity (Wildman–Crippen MR) is 86.0 cm³/mol. The fraction of sp³-hybridized carbons (Fsp3) is 0.375. The third-order valence-electron chi connectivity index (χ3n) is 3.25. The number of benzene rings is 1. The van der Waals surface area contributed by atoms with Gasteiger partial charge in [-0.2, -0.15) is 5.10 Å². The lowest BCUT2D eigenvalue weighted by molar-refractivity contribution is 0.443. The molecule has 5 nitrogen and oxygen atoms in total. The van der Waals surface area contributed by atoms with E-state index in [-0.39, 0.29) is 5.82 Å². The quantitative estimate of drug-likeness (QED) is 0.634. The first-order chi connectivity index (χ1) is 10.7. The molecule has 0 fully saturated rings. The van der Waals surface area contributed by atoms with Gasteiger partial charge < -0.3 is 10.6 Å². The van der Waals surface area contributed by atoms with Crippen LogP contribution in [0.25, 0.3) is 0 Å². The van der Waals surface area contributed by atoms with Crippen molar-refractivity contribution in [1.82, 2.24) is 20.4 Å². The molecule has 0 aliphatic heterocycles. The Hall–Kier alpha value is -2.37. The van der Waals surface area contributed by atoms with Crippen LogP contribution in [0.1, 0.15) is 12.5 Å². The summed E-state index contributed by atoms with van der Waals surface area (Å²) >= 11 is 0. The van der Waals surface area contributed by atoms with Crippen LogP contribution in [0.3, 0.4) is 0 Å². The molecule has 0 amide bonds. The second-order valence-corrected chi connectivity index (χ2v) is 5.27. The van der Waals surface area contributed by atoms with E-state index in [1.165, 1.54) is 12.1 Å². The van der Waals surface area contributed by atoms with Crippen molar-refractivity contribution in [2.24, 2.45) is 10.9 Å². The monoisotopic (exact) mass is 303 g/mol. The highest BCUT2D eigenvalue weighted by atomic mass is 19.1. The van der Waals surface area contributed by atoms with Crippen LogP contribution in [-0.4, -0.2) is 29.3 Å². The molecule has 0 aliphatic rings. The minimum atomic E-state index is -0.227. The van der Waals surface area contributed by atoms with Crippen molar-refractivity contribution in [2.45, 2.75) is 20.0 Å². The number of aliphatic imine (C=N–C) groups is 1. The molecule has 0 bridgehead atoms. The Kier molecular flexibility index (Phi) is 5.94. The number of hydrogen-bond donors (Lipinski definition) is 2. The first kappa shape index (κ1) is 16.0. The number of hydrogen-bond acceptors (Lipinski definition) is 2. The molecule has 1 aromatic heterocycles. The Morgan fingerprint density at radius 1 is 1.36 bits per heavy atom. The van der Waals surface area contributed by atoms with Crippen molar-refractivity contribution >= 4 is 5.96 Å². The van der Waals surface area contributed by atoms with E-state index in [4.69, 9.17) is 0 Å². The van der Waals surface area contributed by atoms with Crippen LogP contribution >= 0.6 is 0 Å². The SMILES string of the molecule is CN=C(NCc1cccc(F)c1)NCC(C)Cn1cccn1. The molecule has 6 heteroatoms. The van der Waals surface area contributed by atoms with Crippen LogP contribution < -0.4 is 10.6 Å². The average Bonchev–Trinajstić information content (AvgIpc) is 3.00.